The maximum atomic E-state index is 13.8. The van der Waals surface area contributed by atoms with Gasteiger partial charge < -0.3 is 4.74 Å². The summed E-state index contributed by atoms with van der Waals surface area (Å²) < 4.78 is 34.5. The molecule has 11 heteroatoms. The smallest absolute Gasteiger partial charge is 0.260 e. The van der Waals surface area contributed by atoms with Gasteiger partial charge in [-0.25, -0.2) is 13.4 Å². The largest absolute Gasteiger partial charge is 0.379 e. The third-order valence-corrected chi connectivity index (χ3v) is 10.8. The zero-order valence-electron chi connectivity index (χ0n) is 21.7. The van der Waals surface area contributed by atoms with Crippen LogP contribution in [0.5, 0.6) is 0 Å². The van der Waals surface area contributed by atoms with Gasteiger partial charge in [0.25, 0.3) is 5.91 Å². The van der Waals surface area contributed by atoms with E-state index in [-0.39, 0.29) is 10.8 Å². The van der Waals surface area contributed by atoms with Gasteiger partial charge in [0.05, 0.1) is 28.3 Å². The highest BCUT2D eigenvalue weighted by molar-refractivity contribution is 7.98. The average molecular weight is 575 g/mol. The van der Waals surface area contributed by atoms with Gasteiger partial charge in [-0.15, -0.1) is 11.8 Å². The van der Waals surface area contributed by atoms with Crippen molar-refractivity contribution >= 4 is 54.4 Å². The molecule has 5 rings (SSSR count). The van der Waals surface area contributed by atoms with E-state index in [0.29, 0.717) is 50.1 Å². The Hall–Kier alpha value is -2.02. The summed E-state index contributed by atoms with van der Waals surface area (Å²) >= 11 is 3.15. The molecule has 3 heterocycles. The van der Waals surface area contributed by atoms with Crippen molar-refractivity contribution in [3.63, 3.8) is 0 Å². The van der Waals surface area contributed by atoms with Crippen LogP contribution in [0.1, 0.15) is 36.0 Å². The minimum Gasteiger partial charge on any atom is -0.379 e. The van der Waals surface area contributed by atoms with Crippen LogP contribution in [0.2, 0.25) is 0 Å². The van der Waals surface area contributed by atoms with Crippen LogP contribution in [0.15, 0.2) is 52.3 Å². The fourth-order valence-electron chi connectivity index (χ4n) is 4.90. The van der Waals surface area contributed by atoms with E-state index >= 15 is 0 Å². The van der Waals surface area contributed by atoms with E-state index in [1.807, 2.05) is 24.5 Å². The van der Waals surface area contributed by atoms with E-state index in [0.717, 1.165) is 53.9 Å². The number of para-hydroxylation sites is 1. The van der Waals surface area contributed by atoms with Crippen molar-refractivity contribution in [1.82, 2.24) is 14.2 Å². The summed E-state index contributed by atoms with van der Waals surface area (Å²) in [7, 11) is -3.57. The van der Waals surface area contributed by atoms with Crippen molar-refractivity contribution in [1.29, 1.82) is 0 Å². The topological polar surface area (TPSA) is 83.0 Å². The highest BCUT2D eigenvalue weighted by atomic mass is 32.2. The molecule has 0 aliphatic carbocycles. The lowest BCUT2D eigenvalue weighted by molar-refractivity contribution is 0.0391. The van der Waals surface area contributed by atoms with Crippen LogP contribution in [0.3, 0.4) is 0 Å². The number of carbonyl (C=O) groups excluding carboxylic acids is 1. The normalized spacial score (nSPS) is 17.9. The molecular weight excluding hydrogens is 541 g/mol. The fraction of sp³-hybridized carbons (Fsp3) is 0.481. The van der Waals surface area contributed by atoms with Crippen LogP contribution < -0.4 is 4.90 Å². The van der Waals surface area contributed by atoms with Gasteiger partial charge >= 0.3 is 0 Å². The number of thioether (sulfide) groups is 1. The number of sulfonamides is 1. The number of thiazole rings is 1. The number of benzene rings is 2. The first kappa shape index (κ1) is 27.5. The Balaban J connectivity index is 1.41. The molecule has 0 spiro atoms. The number of carbonyl (C=O) groups is 1. The number of ether oxygens (including phenoxy) is 1. The second-order valence-corrected chi connectivity index (χ2v) is 13.4. The van der Waals surface area contributed by atoms with Crippen LogP contribution in [-0.4, -0.2) is 87.3 Å². The number of hydrogen-bond donors (Lipinski definition) is 0. The molecule has 38 heavy (non-hydrogen) atoms. The molecule has 0 unspecified atom stereocenters. The van der Waals surface area contributed by atoms with E-state index < -0.39 is 10.0 Å². The molecule has 3 aromatic rings. The fourth-order valence-corrected chi connectivity index (χ4v) is 8.06. The van der Waals surface area contributed by atoms with Crippen LogP contribution in [0.4, 0.5) is 5.13 Å². The predicted octanol–water partition coefficient (Wildman–Crippen LogP) is 4.56. The third-order valence-electron chi connectivity index (χ3n) is 7.11. The molecule has 0 bridgehead atoms. The van der Waals surface area contributed by atoms with Gasteiger partial charge in [0.2, 0.25) is 10.0 Å². The van der Waals surface area contributed by atoms with Gasteiger partial charge in [-0.05, 0) is 55.5 Å². The summed E-state index contributed by atoms with van der Waals surface area (Å²) in [4.78, 5) is 24.1. The number of morpholine rings is 1. The summed E-state index contributed by atoms with van der Waals surface area (Å²) in [6.45, 7) is 5.35. The Morgan fingerprint density at radius 1 is 1.03 bits per heavy atom. The minimum absolute atomic E-state index is 0.179. The van der Waals surface area contributed by atoms with Crippen LogP contribution >= 0.6 is 23.1 Å². The van der Waals surface area contributed by atoms with Gasteiger partial charge in [-0.2, -0.15) is 4.31 Å². The van der Waals surface area contributed by atoms with Crippen LogP contribution in [-0.2, 0) is 14.8 Å². The van der Waals surface area contributed by atoms with Crippen molar-refractivity contribution in [3.05, 3.63) is 48.0 Å². The maximum Gasteiger partial charge on any atom is 0.260 e. The van der Waals surface area contributed by atoms with E-state index in [2.05, 4.69) is 4.90 Å². The molecule has 2 aliphatic rings. The molecule has 0 radical (unpaired) electrons. The number of aromatic nitrogens is 1. The SMILES string of the molecule is CSc1cccc2sc(N(CCN3CCOCC3)C(=O)c3ccc(S(=O)(=O)N4CCCCCC4)cc3)nc12. The average Bonchev–Trinajstić information content (AvgIpc) is 3.18. The van der Waals surface area contributed by atoms with E-state index in [9.17, 15) is 13.2 Å². The summed E-state index contributed by atoms with van der Waals surface area (Å²) in [5, 5.41) is 0.654. The Kier molecular flexibility index (Phi) is 9.02. The lowest BCUT2D eigenvalue weighted by Crippen LogP contribution is -2.43. The zero-order chi connectivity index (χ0) is 26.5. The highest BCUT2D eigenvalue weighted by Crippen LogP contribution is 2.34. The van der Waals surface area contributed by atoms with Crippen molar-refractivity contribution in [3.8, 4) is 0 Å². The molecule has 8 nitrogen and oxygen atoms in total. The quantitative estimate of drug-likeness (QED) is 0.365. The molecular formula is C27H34N4O4S3. The predicted molar refractivity (Wildman–Crippen MR) is 154 cm³/mol. The summed E-state index contributed by atoms with van der Waals surface area (Å²) in [5.74, 6) is -0.179. The molecule has 0 saturated carbocycles. The molecule has 1 aromatic heterocycles. The van der Waals surface area contributed by atoms with Crippen molar-refractivity contribution in [2.75, 3.05) is 63.6 Å². The zero-order valence-corrected chi connectivity index (χ0v) is 24.1. The van der Waals surface area contributed by atoms with E-state index in [4.69, 9.17) is 9.72 Å². The monoisotopic (exact) mass is 574 g/mol. The van der Waals surface area contributed by atoms with Crippen LogP contribution in [0, 0.1) is 0 Å². The second-order valence-electron chi connectivity index (χ2n) is 9.56. The molecule has 2 saturated heterocycles. The number of amides is 1. The minimum atomic E-state index is -3.57. The van der Waals surface area contributed by atoms with Gasteiger partial charge in [-0.1, -0.05) is 30.2 Å². The number of nitrogens with zero attached hydrogens (tertiary/aromatic N) is 4. The maximum absolute atomic E-state index is 13.8. The Bertz CT molecular complexity index is 1350. The number of rotatable bonds is 8. The van der Waals surface area contributed by atoms with Crippen molar-refractivity contribution < 1.29 is 17.9 Å². The molecule has 204 valence electrons. The summed E-state index contributed by atoms with van der Waals surface area (Å²) in [6.07, 6.45) is 5.91. The summed E-state index contributed by atoms with van der Waals surface area (Å²) in [5.41, 5.74) is 1.36. The Morgan fingerprint density at radius 2 is 1.74 bits per heavy atom. The molecule has 0 N–H and O–H groups in total. The Labute approximate surface area is 233 Å². The molecule has 2 fully saturated rings. The lowest BCUT2D eigenvalue weighted by atomic mass is 10.2. The number of anilines is 1. The first-order chi connectivity index (χ1) is 18.5. The second kappa shape index (κ2) is 12.4. The highest BCUT2D eigenvalue weighted by Gasteiger charge is 2.27. The molecule has 2 aliphatic heterocycles. The summed E-state index contributed by atoms with van der Waals surface area (Å²) in [6, 6.07) is 12.5. The van der Waals surface area contributed by atoms with Crippen LogP contribution in [0.25, 0.3) is 10.2 Å². The van der Waals surface area contributed by atoms with Gasteiger partial charge in [0.1, 0.15) is 0 Å². The Morgan fingerprint density at radius 3 is 2.42 bits per heavy atom. The first-order valence-electron chi connectivity index (χ1n) is 13.1. The molecule has 2 aromatic carbocycles. The van der Waals surface area contributed by atoms with Crippen molar-refractivity contribution in [2.45, 2.75) is 35.5 Å². The van der Waals surface area contributed by atoms with E-state index in [1.54, 1.807) is 45.2 Å². The standard InChI is InChI=1S/C27H34N4O4S3/c1-36-23-7-6-8-24-25(23)28-27(37-24)31(16-15-29-17-19-35-20-18-29)26(32)21-9-11-22(12-10-21)38(33,34)30-13-4-2-3-5-14-30/h6-12H,2-5,13-20H2,1H3. The van der Waals surface area contributed by atoms with Gasteiger partial charge in [0, 0.05) is 49.7 Å². The lowest BCUT2D eigenvalue weighted by Gasteiger charge is -2.29. The van der Waals surface area contributed by atoms with Gasteiger partial charge in [-0.3, -0.25) is 14.6 Å². The van der Waals surface area contributed by atoms with Crippen molar-refractivity contribution in [2.24, 2.45) is 0 Å². The molecule has 1 amide bonds. The van der Waals surface area contributed by atoms with E-state index in [1.165, 1.54) is 11.3 Å². The molecule has 0 atom stereocenters. The number of fused-ring (bicyclic) bond motifs is 1. The van der Waals surface area contributed by atoms with Gasteiger partial charge in [0.15, 0.2) is 5.13 Å². The third kappa shape index (κ3) is 6.08. The first-order valence-corrected chi connectivity index (χ1v) is 16.6. The number of hydrogen-bond acceptors (Lipinski definition) is 8.